The minimum absolute atomic E-state index is 0.0952. The Kier molecular flexibility index (Phi) is 6.63. The fraction of sp³-hybridized carbons (Fsp3) is 0.409. The van der Waals surface area contributed by atoms with E-state index in [0.29, 0.717) is 17.2 Å². The number of benzene rings is 2. The molecule has 1 N–H and O–H groups in total. The molecule has 6 nitrogen and oxygen atoms in total. The van der Waals surface area contributed by atoms with Gasteiger partial charge >= 0.3 is 0 Å². The predicted molar refractivity (Wildman–Crippen MR) is 111 cm³/mol. The molecule has 0 unspecified atom stereocenters. The lowest BCUT2D eigenvalue weighted by molar-refractivity contribution is -0.118. The number of carbonyl (C=O) groups is 1. The van der Waals surface area contributed by atoms with Crippen LogP contribution in [0.3, 0.4) is 0 Å². The molecule has 2 aromatic carbocycles. The van der Waals surface area contributed by atoms with Gasteiger partial charge in [-0.25, -0.2) is 0 Å². The third-order valence-corrected chi connectivity index (χ3v) is 4.99. The highest BCUT2D eigenvalue weighted by molar-refractivity contribution is 5.92. The van der Waals surface area contributed by atoms with Crippen molar-refractivity contribution in [3.8, 4) is 17.2 Å². The molecule has 3 rings (SSSR count). The summed E-state index contributed by atoms with van der Waals surface area (Å²) in [6, 6.07) is 13.1. The first-order valence-electron chi connectivity index (χ1n) is 9.58. The maximum Gasteiger partial charge on any atom is 0.262 e. The Labute approximate surface area is 166 Å². The molecular weight excluding hydrogens is 356 g/mol. The second-order valence-electron chi connectivity index (χ2n) is 7.10. The second kappa shape index (κ2) is 9.35. The summed E-state index contributed by atoms with van der Waals surface area (Å²) in [4.78, 5) is 14.6. The molecule has 0 aliphatic carbocycles. The minimum atomic E-state index is -0.221. The van der Waals surface area contributed by atoms with Crippen LogP contribution >= 0.6 is 0 Å². The molecule has 1 amide bonds. The molecule has 0 aromatic heterocycles. The SMILES string of the molecule is COc1cc(OC)cc(OCC(=O)Nc2ccc(N3CCC(C)CC3)cc2)c1. The number of anilines is 2. The number of carbonyl (C=O) groups excluding carboxylic acids is 1. The van der Waals surface area contributed by atoms with Crippen molar-refractivity contribution in [3.05, 3.63) is 42.5 Å². The summed E-state index contributed by atoms with van der Waals surface area (Å²) in [7, 11) is 3.14. The van der Waals surface area contributed by atoms with Crippen LogP contribution in [-0.2, 0) is 4.79 Å². The van der Waals surface area contributed by atoms with E-state index in [1.807, 2.05) is 12.1 Å². The van der Waals surface area contributed by atoms with Gasteiger partial charge in [0.1, 0.15) is 17.2 Å². The van der Waals surface area contributed by atoms with Gasteiger partial charge in [-0.2, -0.15) is 0 Å². The van der Waals surface area contributed by atoms with Gasteiger partial charge < -0.3 is 24.4 Å². The zero-order valence-corrected chi connectivity index (χ0v) is 16.7. The molecule has 0 radical (unpaired) electrons. The Bertz CT molecular complexity index is 761. The summed E-state index contributed by atoms with van der Waals surface area (Å²) < 4.78 is 16.0. The van der Waals surface area contributed by atoms with Gasteiger partial charge in [0.15, 0.2) is 6.61 Å². The molecular formula is C22H28N2O4. The molecule has 0 saturated carbocycles. The Morgan fingerprint density at radius 2 is 1.57 bits per heavy atom. The Balaban J connectivity index is 1.52. The van der Waals surface area contributed by atoms with E-state index in [2.05, 4.69) is 29.3 Å². The molecule has 0 atom stereocenters. The van der Waals surface area contributed by atoms with E-state index in [9.17, 15) is 4.79 Å². The fourth-order valence-corrected chi connectivity index (χ4v) is 3.23. The first-order chi connectivity index (χ1) is 13.6. The third kappa shape index (κ3) is 5.31. The minimum Gasteiger partial charge on any atom is -0.496 e. The van der Waals surface area contributed by atoms with Gasteiger partial charge in [-0.1, -0.05) is 6.92 Å². The Hall–Kier alpha value is -2.89. The zero-order chi connectivity index (χ0) is 19.9. The van der Waals surface area contributed by atoms with Gasteiger partial charge in [-0.05, 0) is 43.0 Å². The molecule has 1 heterocycles. The molecule has 1 aliphatic heterocycles. The summed E-state index contributed by atoms with van der Waals surface area (Å²) in [5.74, 6) is 2.32. The molecule has 0 spiro atoms. The Morgan fingerprint density at radius 1 is 1.00 bits per heavy atom. The van der Waals surface area contributed by atoms with Crippen molar-refractivity contribution in [1.29, 1.82) is 0 Å². The van der Waals surface area contributed by atoms with Gasteiger partial charge in [-0.3, -0.25) is 4.79 Å². The number of piperidine rings is 1. The number of hydrogen-bond acceptors (Lipinski definition) is 5. The normalized spacial score (nSPS) is 14.5. The number of methoxy groups -OCH3 is 2. The summed E-state index contributed by atoms with van der Waals surface area (Å²) >= 11 is 0. The molecule has 1 fully saturated rings. The van der Waals surface area contributed by atoms with E-state index < -0.39 is 0 Å². The summed E-state index contributed by atoms with van der Waals surface area (Å²) in [6.45, 7) is 4.39. The van der Waals surface area contributed by atoms with Crippen molar-refractivity contribution in [3.63, 3.8) is 0 Å². The lowest BCUT2D eigenvalue weighted by atomic mass is 9.99. The predicted octanol–water partition coefficient (Wildman–Crippen LogP) is 3.96. The topological polar surface area (TPSA) is 60.0 Å². The lowest BCUT2D eigenvalue weighted by Gasteiger charge is -2.32. The van der Waals surface area contributed by atoms with Crippen LogP contribution in [-0.4, -0.2) is 39.8 Å². The standard InChI is InChI=1S/C22H28N2O4/c1-16-8-10-24(11-9-16)18-6-4-17(5-7-18)23-22(25)15-28-21-13-19(26-2)12-20(14-21)27-3/h4-7,12-14,16H,8-11,15H2,1-3H3,(H,23,25). The van der Waals surface area contributed by atoms with Crippen LogP contribution in [0.5, 0.6) is 17.2 Å². The highest BCUT2D eigenvalue weighted by Crippen LogP contribution is 2.27. The van der Waals surface area contributed by atoms with Gasteiger partial charge in [0.25, 0.3) is 5.91 Å². The quantitative estimate of drug-likeness (QED) is 0.783. The van der Waals surface area contributed by atoms with Crippen molar-refractivity contribution in [2.75, 3.05) is 44.1 Å². The molecule has 0 bridgehead atoms. The number of rotatable bonds is 7. The molecule has 1 aliphatic rings. The fourth-order valence-electron chi connectivity index (χ4n) is 3.23. The zero-order valence-electron chi connectivity index (χ0n) is 16.7. The second-order valence-corrected chi connectivity index (χ2v) is 7.10. The molecule has 1 saturated heterocycles. The van der Waals surface area contributed by atoms with Crippen molar-refractivity contribution in [2.24, 2.45) is 5.92 Å². The van der Waals surface area contributed by atoms with E-state index >= 15 is 0 Å². The van der Waals surface area contributed by atoms with Crippen LogP contribution in [0.4, 0.5) is 11.4 Å². The van der Waals surface area contributed by atoms with Crippen LogP contribution in [0.15, 0.2) is 42.5 Å². The number of nitrogens with one attached hydrogen (secondary N) is 1. The Morgan fingerprint density at radius 3 is 2.14 bits per heavy atom. The lowest BCUT2D eigenvalue weighted by Crippen LogP contribution is -2.32. The van der Waals surface area contributed by atoms with Crippen LogP contribution in [0.2, 0.25) is 0 Å². The van der Waals surface area contributed by atoms with E-state index in [1.165, 1.54) is 18.5 Å². The van der Waals surface area contributed by atoms with Crippen LogP contribution < -0.4 is 24.4 Å². The van der Waals surface area contributed by atoms with E-state index in [-0.39, 0.29) is 12.5 Å². The smallest absolute Gasteiger partial charge is 0.262 e. The first-order valence-corrected chi connectivity index (χ1v) is 9.58. The first kappa shape index (κ1) is 19.9. The van der Waals surface area contributed by atoms with Crippen molar-refractivity contribution >= 4 is 17.3 Å². The van der Waals surface area contributed by atoms with Crippen LogP contribution in [0, 0.1) is 5.92 Å². The highest BCUT2D eigenvalue weighted by atomic mass is 16.5. The van der Waals surface area contributed by atoms with Gasteiger partial charge in [0.05, 0.1) is 14.2 Å². The summed E-state index contributed by atoms with van der Waals surface area (Å²) in [5, 5.41) is 2.86. The molecule has 6 heteroatoms. The monoisotopic (exact) mass is 384 g/mol. The molecule has 150 valence electrons. The van der Waals surface area contributed by atoms with Crippen molar-refractivity contribution in [1.82, 2.24) is 0 Å². The van der Waals surface area contributed by atoms with Gasteiger partial charge in [-0.15, -0.1) is 0 Å². The van der Waals surface area contributed by atoms with Gasteiger partial charge in [0, 0.05) is 42.7 Å². The van der Waals surface area contributed by atoms with Crippen molar-refractivity contribution in [2.45, 2.75) is 19.8 Å². The molecule has 2 aromatic rings. The average molecular weight is 384 g/mol. The van der Waals surface area contributed by atoms with E-state index in [4.69, 9.17) is 14.2 Å². The maximum atomic E-state index is 12.2. The van der Waals surface area contributed by atoms with Gasteiger partial charge in [0.2, 0.25) is 0 Å². The number of hydrogen-bond donors (Lipinski definition) is 1. The van der Waals surface area contributed by atoms with E-state index in [1.54, 1.807) is 32.4 Å². The summed E-state index contributed by atoms with van der Waals surface area (Å²) in [5.41, 5.74) is 1.95. The average Bonchev–Trinajstić information content (AvgIpc) is 2.73. The highest BCUT2D eigenvalue weighted by Gasteiger charge is 2.16. The van der Waals surface area contributed by atoms with Crippen LogP contribution in [0.25, 0.3) is 0 Å². The van der Waals surface area contributed by atoms with Crippen molar-refractivity contribution < 1.29 is 19.0 Å². The molecule has 28 heavy (non-hydrogen) atoms. The largest absolute Gasteiger partial charge is 0.496 e. The third-order valence-electron chi connectivity index (χ3n) is 4.99. The number of ether oxygens (including phenoxy) is 3. The summed E-state index contributed by atoms with van der Waals surface area (Å²) in [6.07, 6.45) is 2.45. The maximum absolute atomic E-state index is 12.2. The number of nitrogens with zero attached hydrogens (tertiary/aromatic N) is 1. The number of amides is 1. The van der Waals surface area contributed by atoms with E-state index in [0.717, 1.165) is 24.7 Å². The van der Waals surface area contributed by atoms with Crippen LogP contribution in [0.1, 0.15) is 19.8 Å².